The molecule has 3 aliphatic heterocycles. The number of piperidine rings is 2. The highest BCUT2D eigenvalue weighted by Crippen LogP contribution is 2.52. The Morgan fingerprint density at radius 3 is 2.88 bits per heavy atom. The highest BCUT2D eigenvalue weighted by atomic mass is 19.4. The number of rotatable bonds is 1. The van der Waals surface area contributed by atoms with Crippen LogP contribution in [0.15, 0.2) is 18.3 Å². The molecule has 5 nitrogen and oxygen atoms in total. The first kappa shape index (κ1) is 14.1. The van der Waals surface area contributed by atoms with Crippen molar-refractivity contribution in [1.29, 1.82) is 0 Å². The Morgan fingerprint density at radius 2 is 2.17 bits per heavy atom. The monoisotopic (exact) mass is 336 g/mol. The van der Waals surface area contributed by atoms with Crippen LogP contribution in [0.3, 0.4) is 0 Å². The number of amides is 1. The summed E-state index contributed by atoms with van der Waals surface area (Å²) in [6.45, 7) is 0.474. The zero-order valence-corrected chi connectivity index (χ0v) is 12.7. The number of aromatic nitrogens is 2. The van der Waals surface area contributed by atoms with Gasteiger partial charge in [-0.3, -0.25) is 9.89 Å². The molecule has 3 bridgehead atoms. The Bertz CT molecular complexity index is 861. The van der Waals surface area contributed by atoms with Crippen molar-refractivity contribution in [1.82, 2.24) is 15.5 Å². The highest BCUT2D eigenvalue weighted by Gasteiger charge is 2.59. The van der Waals surface area contributed by atoms with Crippen molar-refractivity contribution in [2.45, 2.75) is 37.5 Å². The Labute approximate surface area is 135 Å². The van der Waals surface area contributed by atoms with E-state index in [0.717, 1.165) is 25.3 Å². The number of carbonyl (C=O) groups excluding carboxylic acids is 1. The third-order valence-corrected chi connectivity index (χ3v) is 5.84. The molecule has 1 aromatic heterocycles. The highest BCUT2D eigenvalue weighted by molar-refractivity contribution is 5.94. The number of carbonyl (C=O) groups is 1. The number of nitrogens with zero attached hydrogens (tertiary/aromatic N) is 2. The molecular formula is C16H15F3N4O. The lowest BCUT2D eigenvalue weighted by molar-refractivity contribution is -0.137. The van der Waals surface area contributed by atoms with E-state index in [9.17, 15) is 18.0 Å². The van der Waals surface area contributed by atoms with Crippen LogP contribution in [0.5, 0.6) is 0 Å². The number of fused-ring (bicyclic) bond motifs is 3. The van der Waals surface area contributed by atoms with Crippen LogP contribution in [0.4, 0.5) is 18.9 Å². The number of hydrogen-bond donors (Lipinski definition) is 2. The summed E-state index contributed by atoms with van der Waals surface area (Å²) in [4.78, 5) is 14.3. The normalized spacial score (nSPS) is 31.8. The number of hydrogen-bond acceptors (Lipinski definition) is 3. The van der Waals surface area contributed by atoms with Gasteiger partial charge in [-0.05, 0) is 31.4 Å². The van der Waals surface area contributed by atoms with E-state index in [1.54, 1.807) is 6.20 Å². The first-order valence-electron chi connectivity index (χ1n) is 7.99. The van der Waals surface area contributed by atoms with Gasteiger partial charge < -0.3 is 10.2 Å². The fraction of sp³-hybridized carbons (Fsp3) is 0.500. The maximum atomic E-state index is 13.3. The topological polar surface area (TPSA) is 61.0 Å². The molecule has 4 fully saturated rings. The van der Waals surface area contributed by atoms with Crippen LogP contribution >= 0.6 is 0 Å². The third kappa shape index (κ3) is 1.71. The zero-order chi connectivity index (χ0) is 16.7. The predicted octanol–water partition coefficient (Wildman–Crippen LogP) is 2.44. The molecule has 2 unspecified atom stereocenters. The molecule has 2 N–H and O–H groups in total. The molecule has 3 atom stereocenters. The summed E-state index contributed by atoms with van der Waals surface area (Å²) in [5.41, 5.74) is -0.266. The Balaban J connectivity index is 1.68. The summed E-state index contributed by atoms with van der Waals surface area (Å²) in [5, 5.41) is 10.2. The largest absolute Gasteiger partial charge is 0.416 e. The van der Waals surface area contributed by atoms with Crippen molar-refractivity contribution in [3.05, 3.63) is 23.9 Å². The van der Waals surface area contributed by atoms with Crippen LogP contribution in [-0.2, 0) is 11.0 Å². The molecule has 1 amide bonds. The standard InChI is InChI=1S/C16H15F3N4O/c17-16(18,19)8-3-11-9(6-20-22-11)12(4-8)23-7-15-2-1-10(13(23)5-15)21-14(15)24/h3-4,6,10,13H,1-2,5,7H2,(H,20,22)(H,21,24)/t10-,13?,15?/m0/s1. The minimum absolute atomic E-state index is 0.0124. The van der Waals surface area contributed by atoms with Gasteiger partial charge in [-0.15, -0.1) is 0 Å². The number of nitrogens with one attached hydrogen (secondary N) is 2. The Kier molecular flexibility index (Phi) is 2.49. The van der Waals surface area contributed by atoms with Gasteiger partial charge in [-0.2, -0.15) is 18.3 Å². The molecular weight excluding hydrogens is 321 g/mol. The van der Waals surface area contributed by atoms with Gasteiger partial charge in [0.2, 0.25) is 5.91 Å². The average molecular weight is 336 g/mol. The summed E-state index contributed by atoms with van der Waals surface area (Å²) in [5.74, 6) is 0.0490. The first-order chi connectivity index (χ1) is 11.4. The molecule has 4 heterocycles. The van der Waals surface area contributed by atoms with Gasteiger partial charge in [0.25, 0.3) is 0 Å². The van der Waals surface area contributed by atoms with Crippen LogP contribution in [0.25, 0.3) is 10.9 Å². The fourth-order valence-corrected chi connectivity index (χ4v) is 4.65. The predicted molar refractivity (Wildman–Crippen MR) is 80.4 cm³/mol. The van der Waals surface area contributed by atoms with Gasteiger partial charge in [0.1, 0.15) is 0 Å². The summed E-state index contributed by atoms with van der Waals surface area (Å²) in [6.07, 6.45) is -0.445. The molecule has 8 heteroatoms. The molecule has 0 radical (unpaired) electrons. The molecule has 1 spiro atoms. The van der Waals surface area contributed by atoms with Gasteiger partial charge >= 0.3 is 6.18 Å². The minimum atomic E-state index is -4.42. The first-order valence-corrected chi connectivity index (χ1v) is 7.99. The van der Waals surface area contributed by atoms with Gasteiger partial charge in [-0.1, -0.05) is 0 Å². The molecule has 126 valence electrons. The molecule has 6 rings (SSSR count). The van der Waals surface area contributed by atoms with Crippen LogP contribution in [0.1, 0.15) is 24.8 Å². The maximum Gasteiger partial charge on any atom is 0.416 e. The maximum absolute atomic E-state index is 13.3. The van der Waals surface area contributed by atoms with E-state index in [2.05, 4.69) is 15.5 Å². The van der Waals surface area contributed by atoms with E-state index in [1.165, 1.54) is 6.07 Å². The number of alkyl halides is 3. The summed E-state index contributed by atoms with van der Waals surface area (Å²) in [7, 11) is 0. The third-order valence-electron chi connectivity index (χ3n) is 5.84. The van der Waals surface area contributed by atoms with E-state index in [4.69, 9.17) is 0 Å². The second kappa shape index (κ2) is 4.23. The number of anilines is 1. The molecule has 1 saturated carbocycles. The summed E-state index contributed by atoms with van der Waals surface area (Å²) < 4.78 is 39.8. The van der Waals surface area contributed by atoms with E-state index < -0.39 is 17.2 Å². The number of H-pyrrole nitrogens is 1. The number of aromatic amines is 1. The van der Waals surface area contributed by atoms with Crippen molar-refractivity contribution in [2.24, 2.45) is 5.41 Å². The average Bonchev–Trinajstić information content (AvgIpc) is 3.09. The lowest BCUT2D eigenvalue weighted by Crippen LogP contribution is -2.59. The number of benzene rings is 1. The summed E-state index contributed by atoms with van der Waals surface area (Å²) >= 11 is 0. The lowest BCUT2D eigenvalue weighted by Gasteiger charge is -2.42. The number of halogens is 3. The van der Waals surface area contributed by atoms with Crippen molar-refractivity contribution >= 4 is 22.5 Å². The van der Waals surface area contributed by atoms with Crippen LogP contribution < -0.4 is 10.2 Å². The van der Waals surface area contributed by atoms with E-state index in [1.807, 2.05) is 4.90 Å². The Morgan fingerprint density at radius 1 is 1.33 bits per heavy atom. The second-order valence-electron chi connectivity index (χ2n) is 7.12. The van der Waals surface area contributed by atoms with Crippen molar-refractivity contribution < 1.29 is 18.0 Å². The van der Waals surface area contributed by atoms with E-state index in [-0.39, 0.29) is 18.0 Å². The smallest absolute Gasteiger partial charge is 0.365 e. The van der Waals surface area contributed by atoms with Crippen molar-refractivity contribution in [2.75, 3.05) is 11.4 Å². The quantitative estimate of drug-likeness (QED) is 0.841. The minimum Gasteiger partial charge on any atom is -0.365 e. The van der Waals surface area contributed by atoms with Gasteiger partial charge in [0.15, 0.2) is 0 Å². The lowest BCUT2D eigenvalue weighted by atomic mass is 9.69. The van der Waals surface area contributed by atoms with Crippen LogP contribution in [-0.4, -0.2) is 34.7 Å². The molecule has 1 aromatic carbocycles. The van der Waals surface area contributed by atoms with Gasteiger partial charge in [-0.25, -0.2) is 0 Å². The summed E-state index contributed by atoms with van der Waals surface area (Å²) in [6, 6.07) is 2.35. The van der Waals surface area contributed by atoms with Crippen LogP contribution in [0, 0.1) is 5.41 Å². The Hall–Kier alpha value is -2.25. The van der Waals surface area contributed by atoms with E-state index >= 15 is 0 Å². The van der Waals surface area contributed by atoms with Crippen LogP contribution in [0.2, 0.25) is 0 Å². The molecule has 2 aromatic rings. The van der Waals surface area contributed by atoms with Gasteiger partial charge in [0.05, 0.1) is 28.7 Å². The fourth-order valence-electron chi connectivity index (χ4n) is 4.65. The van der Waals surface area contributed by atoms with E-state index in [0.29, 0.717) is 23.1 Å². The van der Waals surface area contributed by atoms with Crippen molar-refractivity contribution in [3.8, 4) is 0 Å². The molecule has 1 aliphatic carbocycles. The van der Waals surface area contributed by atoms with Crippen molar-refractivity contribution in [3.63, 3.8) is 0 Å². The molecule has 3 saturated heterocycles. The zero-order valence-electron chi connectivity index (χ0n) is 12.7. The van der Waals surface area contributed by atoms with Gasteiger partial charge in [0, 0.05) is 23.7 Å². The molecule has 24 heavy (non-hydrogen) atoms. The molecule has 4 aliphatic rings. The SMILES string of the molecule is O=C1N[C@H]2CCC13CC2N(c1cc(C(F)(F)F)cc2[nH]ncc12)C3. The second-order valence-corrected chi connectivity index (χ2v) is 7.12.